The van der Waals surface area contributed by atoms with Crippen LogP contribution in [0.2, 0.25) is 0 Å². The smallest absolute Gasteiger partial charge is 0.320 e. The molecule has 5 nitrogen and oxygen atoms in total. The molecule has 1 aliphatic heterocycles. The Labute approximate surface area is 112 Å². The van der Waals surface area contributed by atoms with Crippen molar-refractivity contribution in [3.8, 4) is 0 Å². The van der Waals surface area contributed by atoms with E-state index >= 15 is 0 Å². The molecule has 0 aromatic heterocycles. The lowest BCUT2D eigenvalue weighted by molar-refractivity contribution is -0.146. The van der Waals surface area contributed by atoms with Crippen LogP contribution in [0.4, 0.5) is 0 Å². The Morgan fingerprint density at radius 3 is 2.74 bits per heavy atom. The summed E-state index contributed by atoms with van der Waals surface area (Å²) < 4.78 is 5.19. The van der Waals surface area contributed by atoms with Gasteiger partial charge in [-0.2, -0.15) is 0 Å². The molecule has 19 heavy (non-hydrogen) atoms. The Kier molecular flexibility index (Phi) is 4.52. The molecule has 1 heterocycles. The zero-order chi connectivity index (χ0) is 13.7. The molecule has 2 rings (SSSR count). The fraction of sp³-hybridized carbons (Fsp3) is 0.429. The molecular formula is C14H18N2O3. The average Bonchev–Trinajstić information content (AvgIpc) is 2.86. The summed E-state index contributed by atoms with van der Waals surface area (Å²) >= 11 is 0. The van der Waals surface area contributed by atoms with Crippen molar-refractivity contribution < 1.29 is 14.3 Å². The predicted octanol–water partition coefficient (Wildman–Crippen LogP) is 0.679. The van der Waals surface area contributed by atoms with Crippen molar-refractivity contribution in [1.29, 1.82) is 0 Å². The number of nitrogens with two attached hydrogens (primary N) is 1. The highest BCUT2D eigenvalue weighted by Crippen LogP contribution is 2.16. The normalized spacial score (nSPS) is 19.3. The van der Waals surface area contributed by atoms with Gasteiger partial charge >= 0.3 is 5.97 Å². The standard InChI is InChI=1S/C14H18N2O3/c15-14(18)12-7-4-8-16(12)9-13(17)19-10-11-5-2-1-3-6-11/h1-3,5-6,12H,4,7-10H2,(H2,15,18)/t12-/m0/s1. The molecule has 1 atom stereocenters. The van der Waals surface area contributed by atoms with Crippen LogP contribution >= 0.6 is 0 Å². The van der Waals surface area contributed by atoms with E-state index in [-0.39, 0.29) is 31.1 Å². The number of carbonyl (C=O) groups excluding carboxylic acids is 2. The van der Waals surface area contributed by atoms with Crippen LogP contribution in [0, 0.1) is 0 Å². The Morgan fingerprint density at radius 2 is 2.05 bits per heavy atom. The third-order valence-corrected chi connectivity index (χ3v) is 3.27. The van der Waals surface area contributed by atoms with Gasteiger partial charge in [-0.3, -0.25) is 14.5 Å². The molecule has 0 bridgehead atoms. The minimum atomic E-state index is -0.367. The fourth-order valence-electron chi connectivity index (χ4n) is 2.29. The van der Waals surface area contributed by atoms with Crippen molar-refractivity contribution in [2.45, 2.75) is 25.5 Å². The number of carbonyl (C=O) groups is 2. The van der Waals surface area contributed by atoms with Gasteiger partial charge in [0, 0.05) is 0 Å². The summed E-state index contributed by atoms with van der Waals surface area (Å²) in [4.78, 5) is 24.7. The maximum atomic E-state index is 11.7. The number of nitrogens with zero attached hydrogens (tertiary/aromatic N) is 1. The summed E-state index contributed by atoms with van der Waals surface area (Å²) in [5, 5.41) is 0. The molecule has 0 radical (unpaired) electrons. The maximum absolute atomic E-state index is 11.7. The summed E-state index contributed by atoms with van der Waals surface area (Å²) in [5.41, 5.74) is 6.24. The van der Waals surface area contributed by atoms with Crippen LogP contribution in [0.15, 0.2) is 30.3 Å². The predicted molar refractivity (Wildman–Crippen MR) is 70.0 cm³/mol. The molecule has 0 spiro atoms. The van der Waals surface area contributed by atoms with E-state index in [4.69, 9.17) is 10.5 Å². The lowest BCUT2D eigenvalue weighted by Gasteiger charge is -2.20. The number of hydrogen-bond acceptors (Lipinski definition) is 4. The Morgan fingerprint density at radius 1 is 1.32 bits per heavy atom. The van der Waals surface area contributed by atoms with E-state index < -0.39 is 0 Å². The number of likely N-dealkylation sites (tertiary alicyclic amines) is 1. The molecule has 5 heteroatoms. The van der Waals surface area contributed by atoms with Crippen molar-refractivity contribution in [2.75, 3.05) is 13.1 Å². The molecule has 102 valence electrons. The SMILES string of the molecule is NC(=O)[C@@H]1CCCN1CC(=O)OCc1ccccc1. The lowest BCUT2D eigenvalue weighted by Crippen LogP contribution is -2.43. The number of ether oxygens (including phenoxy) is 1. The number of rotatable bonds is 5. The molecule has 1 saturated heterocycles. The lowest BCUT2D eigenvalue weighted by atomic mass is 10.2. The molecule has 1 aliphatic rings. The number of hydrogen-bond donors (Lipinski definition) is 1. The molecule has 1 fully saturated rings. The van der Waals surface area contributed by atoms with Gasteiger partial charge in [-0.25, -0.2) is 0 Å². The van der Waals surface area contributed by atoms with Crippen LogP contribution in [-0.2, 0) is 20.9 Å². The number of benzene rings is 1. The first-order chi connectivity index (χ1) is 9.16. The van der Waals surface area contributed by atoms with E-state index in [1.165, 1.54) is 0 Å². The third kappa shape index (κ3) is 3.79. The fourth-order valence-corrected chi connectivity index (χ4v) is 2.29. The van der Waals surface area contributed by atoms with Crippen molar-refractivity contribution >= 4 is 11.9 Å². The Hall–Kier alpha value is -1.88. The molecule has 2 N–H and O–H groups in total. The van der Waals surface area contributed by atoms with Gasteiger partial charge < -0.3 is 10.5 Å². The maximum Gasteiger partial charge on any atom is 0.320 e. The highest BCUT2D eigenvalue weighted by molar-refractivity contribution is 5.81. The zero-order valence-corrected chi connectivity index (χ0v) is 10.7. The van der Waals surface area contributed by atoms with Gasteiger partial charge in [0.1, 0.15) is 6.61 Å². The van der Waals surface area contributed by atoms with Gasteiger partial charge in [0.2, 0.25) is 5.91 Å². The van der Waals surface area contributed by atoms with Crippen LogP contribution in [-0.4, -0.2) is 35.9 Å². The quantitative estimate of drug-likeness (QED) is 0.792. The molecule has 0 saturated carbocycles. The van der Waals surface area contributed by atoms with Crippen molar-refractivity contribution in [3.05, 3.63) is 35.9 Å². The van der Waals surface area contributed by atoms with Crippen LogP contribution in [0.1, 0.15) is 18.4 Å². The van der Waals surface area contributed by atoms with E-state index in [0.717, 1.165) is 18.4 Å². The van der Waals surface area contributed by atoms with E-state index in [1.807, 2.05) is 30.3 Å². The molecule has 1 aromatic carbocycles. The van der Waals surface area contributed by atoms with E-state index in [9.17, 15) is 9.59 Å². The van der Waals surface area contributed by atoms with Gasteiger partial charge in [0.15, 0.2) is 0 Å². The summed E-state index contributed by atoms with van der Waals surface area (Å²) in [6, 6.07) is 9.17. The summed E-state index contributed by atoms with van der Waals surface area (Å²) in [5.74, 6) is -0.689. The highest BCUT2D eigenvalue weighted by atomic mass is 16.5. The summed E-state index contributed by atoms with van der Waals surface area (Å²) in [6.07, 6.45) is 1.61. The number of primary amides is 1. The van der Waals surface area contributed by atoms with Gasteiger partial charge in [-0.1, -0.05) is 30.3 Å². The first kappa shape index (κ1) is 13.5. The van der Waals surface area contributed by atoms with E-state index in [2.05, 4.69) is 0 Å². The monoisotopic (exact) mass is 262 g/mol. The van der Waals surface area contributed by atoms with E-state index in [1.54, 1.807) is 4.90 Å². The van der Waals surface area contributed by atoms with Crippen LogP contribution in [0.3, 0.4) is 0 Å². The summed E-state index contributed by atoms with van der Waals surface area (Å²) in [7, 11) is 0. The van der Waals surface area contributed by atoms with Crippen molar-refractivity contribution in [3.63, 3.8) is 0 Å². The van der Waals surface area contributed by atoms with Crippen LogP contribution < -0.4 is 5.73 Å². The van der Waals surface area contributed by atoms with Crippen molar-refractivity contribution in [1.82, 2.24) is 4.90 Å². The topological polar surface area (TPSA) is 72.6 Å². The van der Waals surface area contributed by atoms with Gasteiger partial charge in [0.25, 0.3) is 0 Å². The van der Waals surface area contributed by atoms with Crippen molar-refractivity contribution in [2.24, 2.45) is 5.73 Å². The summed E-state index contributed by atoms with van der Waals surface area (Å²) in [6.45, 7) is 1.10. The van der Waals surface area contributed by atoms with Gasteiger partial charge in [-0.05, 0) is 24.9 Å². The number of amides is 1. The van der Waals surface area contributed by atoms with Crippen LogP contribution in [0.5, 0.6) is 0 Å². The molecular weight excluding hydrogens is 244 g/mol. The molecule has 1 aromatic rings. The molecule has 1 amide bonds. The minimum absolute atomic E-state index is 0.125. The second-order valence-electron chi connectivity index (χ2n) is 4.68. The highest BCUT2D eigenvalue weighted by Gasteiger charge is 2.30. The second-order valence-corrected chi connectivity index (χ2v) is 4.68. The minimum Gasteiger partial charge on any atom is -0.460 e. The first-order valence-electron chi connectivity index (χ1n) is 6.40. The largest absolute Gasteiger partial charge is 0.460 e. The first-order valence-corrected chi connectivity index (χ1v) is 6.40. The second kappa shape index (κ2) is 6.33. The Balaban J connectivity index is 1.80. The number of esters is 1. The van der Waals surface area contributed by atoms with Crippen LogP contribution in [0.25, 0.3) is 0 Å². The zero-order valence-electron chi connectivity index (χ0n) is 10.7. The Bertz CT molecular complexity index is 447. The average molecular weight is 262 g/mol. The van der Waals surface area contributed by atoms with Gasteiger partial charge in [-0.15, -0.1) is 0 Å². The third-order valence-electron chi connectivity index (χ3n) is 3.27. The molecule has 0 aliphatic carbocycles. The molecule has 0 unspecified atom stereocenters. The van der Waals surface area contributed by atoms with Gasteiger partial charge in [0.05, 0.1) is 12.6 Å². The van der Waals surface area contributed by atoms with E-state index in [0.29, 0.717) is 6.54 Å².